The topological polar surface area (TPSA) is 87.1 Å². The largest absolute Gasteiger partial charge is 0.508 e. The van der Waals surface area contributed by atoms with Crippen LogP contribution < -0.4 is 9.64 Å². The van der Waals surface area contributed by atoms with Gasteiger partial charge in [-0.3, -0.25) is 14.5 Å². The van der Waals surface area contributed by atoms with Crippen molar-refractivity contribution in [3.63, 3.8) is 0 Å². The van der Waals surface area contributed by atoms with Crippen molar-refractivity contribution in [2.24, 2.45) is 0 Å². The number of benzene rings is 3. The lowest BCUT2D eigenvalue weighted by atomic mass is 9.94. The Bertz CT molecular complexity index is 1280. The number of halogens is 1. The van der Waals surface area contributed by atoms with Crippen LogP contribution in [0.3, 0.4) is 0 Å². The number of ether oxygens (including phenoxy) is 1. The number of nitrogens with zero attached hydrogens (tertiary/aromatic N) is 1. The molecule has 7 heteroatoms. The van der Waals surface area contributed by atoms with E-state index in [0.717, 1.165) is 24.2 Å². The number of hydrogen-bond acceptors (Lipinski definition) is 5. The van der Waals surface area contributed by atoms with Crippen molar-refractivity contribution < 1.29 is 28.9 Å². The van der Waals surface area contributed by atoms with Crippen molar-refractivity contribution >= 4 is 23.1 Å². The van der Waals surface area contributed by atoms with Gasteiger partial charge in [-0.1, -0.05) is 12.1 Å². The number of aryl methyl sites for hydroxylation is 1. The molecule has 1 unspecified atom stereocenters. The van der Waals surface area contributed by atoms with Crippen LogP contribution in [0.2, 0.25) is 0 Å². The number of fused-ring (bicyclic) bond motifs is 1. The fourth-order valence-electron chi connectivity index (χ4n) is 4.34. The molecule has 0 bridgehead atoms. The molecule has 2 aliphatic heterocycles. The molecule has 0 aliphatic carbocycles. The Morgan fingerprint density at radius 3 is 2.45 bits per heavy atom. The van der Waals surface area contributed by atoms with Gasteiger partial charge >= 0.3 is 0 Å². The Balaban J connectivity index is 1.68. The number of aliphatic hydroxyl groups excluding tert-OH is 1. The van der Waals surface area contributed by atoms with Gasteiger partial charge in [0.1, 0.15) is 23.1 Å². The van der Waals surface area contributed by atoms with Crippen LogP contribution in [0.15, 0.2) is 72.3 Å². The summed E-state index contributed by atoms with van der Waals surface area (Å²) in [7, 11) is 0. The number of Topliss-reactive ketones (excluding diaryl/α,β-unsaturated/α-hetero) is 1. The number of aromatic hydroxyl groups is 1. The van der Waals surface area contributed by atoms with Gasteiger partial charge in [0, 0.05) is 11.3 Å². The average Bonchev–Trinajstić information content (AvgIpc) is 3.10. The van der Waals surface area contributed by atoms with Gasteiger partial charge in [-0.25, -0.2) is 4.39 Å². The molecule has 33 heavy (non-hydrogen) atoms. The van der Waals surface area contributed by atoms with Crippen LogP contribution in [0.1, 0.15) is 29.2 Å². The number of aliphatic hydroxyl groups is 1. The van der Waals surface area contributed by atoms with Crippen molar-refractivity contribution in [2.75, 3.05) is 11.5 Å². The number of amides is 1. The molecule has 3 aromatic rings. The van der Waals surface area contributed by atoms with Crippen molar-refractivity contribution in [2.45, 2.75) is 18.9 Å². The quantitative estimate of drug-likeness (QED) is 0.353. The predicted octanol–water partition coefficient (Wildman–Crippen LogP) is 4.48. The number of anilines is 1. The lowest BCUT2D eigenvalue weighted by Crippen LogP contribution is -2.29. The number of rotatable bonds is 3. The Labute approximate surface area is 189 Å². The lowest BCUT2D eigenvalue weighted by molar-refractivity contribution is -0.132. The molecule has 1 saturated heterocycles. The highest BCUT2D eigenvalue weighted by atomic mass is 19.1. The first kappa shape index (κ1) is 20.8. The van der Waals surface area contributed by atoms with Gasteiger partial charge in [0.05, 0.1) is 18.2 Å². The van der Waals surface area contributed by atoms with Gasteiger partial charge in [0.15, 0.2) is 0 Å². The predicted molar refractivity (Wildman–Crippen MR) is 120 cm³/mol. The summed E-state index contributed by atoms with van der Waals surface area (Å²) in [4.78, 5) is 27.5. The second-order valence-corrected chi connectivity index (χ2v) is 8.01. The molecular weight excluding hydrogens is 425 g/mol. The van der Waals surface area contributed by atoms with E-state index in [4.69, 9.17) is 4.74 Å². The van der Waals surface area contributed by atoms with E-state index in [2.05, 4.69) is 0 Å². The van der Waals surface area contributed by atoms with Gasteiger partial charge in [-0.15, -0.1) is 0 Å². The first-order valence-electron chi connectivity index (χ1n) is 10.6. The summed E-state index contributed by atoms with van der Waals surface area (Å²) in [6, 6.07) is 15.5. The molecule has 1 amide bonds. The molecule has 5 rings (SSSR count). The lowest BCUT2D eigenvalue weighted by Gasteiger charge is -2.25. The zero-order chi connectivity index (χ0) is 23.1. The maximum atomic E-state index is 13.5. The summed E-state index contributed by atoms with van der Waals surface area (Å²) in [5.41, 5.74) is 2.07. The van der Waals surface area contributed by atoms with Gasteiger partial charge < -0.3 is 14.9 Å². The van der Waals surface area contributed by atoms with E-state index in [0.29, 0.717) is 23.4 Å². The third kappa shape index (κ3) is 3.61. The van der Waals surface area contributed by atoms with E-state index in [-0.39, 0.29) is 17.1 Å². The molecule has 166 valence electrons. The third-order valence-electron chi connectivity index (χ3n) is 5.94. The second-order valence-electron chi connectivity index (χ2n) is 8.01. The minimum Gasteiger partial charge on any atom is -0.508 e. The molecule has 6 nitrogen and oxygen atoms in total. The summed E-state index contributed by atoms with van der Waals surface area (Å²) in [5.74, 6) is -1.70. The van der Waals surface area contributed by atoms with E-state index in [9.17, 15) is 24.2 Å². The number of phenolic OH excluding ortho intramolecular Hbond substituents is 1. The number of carbonyl (C=O) groups excluding carboxylic acids is 2. The van der Waals surface area contributed by atoms with Crippen molar-refractivity contribution in [1.82, 2.24) is 0 Å². The van der Waals surface area contributed by atoms with E-state index in [1.54, 1.807) is 30.3 Å². The van der Waals surface area contributed by atoms with Gasteiger partial charge in [-0.05, 0) is 78.6 Å². The minimum absolute atomic E-state index is 0.0205. The van der Waals surface area contributed by atoms with Crippen LogP contribution in [-0.2, 0) is 16.0 Å². The third-order valence-corrected chi connectivity index (χ3v) is 5.94. The van der Waals surface area contributed by atoms with E-state index < -0.39 is 23.5 Å². The standard InChI is InChI=1S/C26H20FNO5/c27-18-6-8-19(9-7-18)28-23(15-3-10-20(29)11-4-15)22(25(31)26(28)32)24(30)17-5-12-21-16(14-17)2-1-13-33-21/h3-12,14,23,29-30H,1-2,13H2/b24-22-. The molecule has 2 aliphatic rings. The zero-order valence-electron chi connectivity index (χ0n) is 17.5. The monoisotopic (exact) mass is 445 g/mol. The molecule has 0 aromatic heterocycles. The number of ketones is 1. The fraction of sp³-hybridized carbons (Fsp3) is 0.154. The molecule has 0 saturated carbocycles. The highest BCUT2D eigenvalue weighted by Gasteiger charge is 2.47. The second kappa shape index (κ2) is 8.09. The van der Waals surface area contributed by atoms with Crippen LogP contribution >= 0.6 is 0 Å². The first-order chi connectivity index (χ1) is 15.9. The molecule has 3 aromatic carbocycles. The van der Waals surface area contributed by atoms with Crippen LogP contribution in [0.25, 0.3) is 5.76 Å². The van der Waals surface area contributed by atoms with Crippen LogP contribution in [0.4, 0.5) is 10.1 Å². The number of phenols is 1. The summed E-state index contributed by atoms with van der Waals surface area (Å²) in [5, 5.41) is 21.0. The van der Waals surface area contributed by atoms with Crippen LogP contribution in [0, 0.1) is 5.82 Å². The summed E-state index contributed by atoms with van der Waals surface area (Å²) < 4.78 is 19.1. The fourth-order valence-corrected chi connectivity index (χ4v) is 4.34. The van der Waals surface area contributed by atoms with Gasteiger partial charge in [-0.2, -0.15) is 0 Å². The summed E-state index contributed by atoms with van der Waals surface area (Å²) in [6.45, 7) is 0.627. The molecule has 2 N–H and O–H groups in total. The molecule has 1 atom stereocenters. The van der Waals surface area contributed by atoms with Crippen LogP contribution in [-0.4, -0.2) is 28.5 Å². The van der Waals surface area contributed by atoms with Crippen molar-refractivity contribution in [3.05, 3.63) is 94.8 Å². The Morgan fingerprint density at radius 2 is 1.73 bits per heavy atom. The zero-order valence-corrected chi connectivity index (χ0v) is 17.5. The summed E-state index contributed by atoms with van der Waals surface area (Å²) >= 11 is 0. The summed E-state index contributed by atoms with van der Waals surface area (Å²) in [6.07, 6.45) is 1.63. The molecule has 0 spiro atoms. The van der Waals surface area contributed by atoms with Crippen molar-refractivity contribution in [1.29, 1.82) is 0 Å². The van der Waals surface area contributed by atoms with E-state index >= 15 is 0 Å². The maximum absolute atomic E-state index is 13.5. The molecule has 0 radical (unpaired) electrons. The number of carbonyl (C=O) groups is 2. The van der Waals surface area contributed by atoms with Crippen LogP contribution in [0.5, 0.6) is 11.5 Å². The Hall–Kier alpha value is -4.13. The van der Waals surface area contributed by atoms with E-state index in [1.807, 2.05) is 0 Å². The molecule has 1 fully saturated rings. The minimum atomic E-state index is -0.955. The molecule has 2 heterocycles. The highest BCUT2D eigenvalue weighted by Crippen LogP contribution is 2.43. The van der Waals surface area contributed by atoms with Crippen molar-refractivity contribution in [3.8, 4) is 11.5 Å². The molecular formula is C26H20FNO5. The maximum Gasteiger partial charge on any atom is 0.300 e. The SMILES string of the molecule is O=C1C(=O)N(c2ccc(F)cc2)C(c2ccc(O)cc2)/C1=C(/O)c1ccc2c(c1)CCCO2. The normalized spacial score (nSPS) is 19.3. The van der Waals surface area contributed by atoms with Gasteiger partial charge in [0.25, 0.3) is 11.7 Å². The number of hydrogen-bond donors (Lipinski definition) is 2. The highest BCUT2D eigenvalue weighted by molar-refractivity contribution is 6.51. The average molecular weight is 445 g/mol. The smallest absolute Gasteiger partial charge is 0.300 e. The van der Waals surface area contributed by atoms with E-state index in [1.165, 1.54) is 41.3 Å². The Kier molecular flexibility index (Phi) is 5.09. The Morgan fingerprint density at radius 1 is 1.00 bits per heavy atom. The van der Waals surface area contributed by atoms with Gasteiger partial charge in [0.2, 0.25) is 0 Å². The first-order valence-corrected chi connectivity index (χ1v) is 10.6.